The quantitative estimate of drug-likeness (QED) is 0.881. The summed E-state index contributed by atoms with van der Waals surface area (Å²) >= 11 is 6.22. The fourth-order valence-corrected chi connectivity index (χ4v) is 2.36. The van der Waals surface area contributed by atoms with Gasteiger partial charge in [0.2, 0.25) is 0 Å². The maximum atomic E-state index is 6.22. The molecule has 0 saturated carbocycles. The zero-order chi connectivity index (χ0) is 12.4. The lowest BCUT2D eigenvalue weighted by molar-refractivity contribution is 1.03. The molecule has 0 atom stereocenters. The molecule has 0 aliphatic rings. The number of pyridine rings is 1. The number of benzene rings is 1. The van der Waals surface area contributed by atoms with Gasteiger partial charge in [-0.25, -0.2) is 0 Å². The van der Waals surface area contributed by atoms with Crippen LogP contribution in [-0.2, 0) is 6.42 Å². The number of aromatic nitrogens is 1. The van der Waals surface area contributed by atoms with Crippen molar-refractivity contribution in [1.29, 1.82) is 0 Å². The molecule has 0 amide bonds. The Morgan fingerprint density at radius 2 is 2.06 bits per heavy atom. The number of para-hydroxylation sites is 1. The van der Waals surface area contributed by atoms with Crippen LogP contribution in [-0.4, -0.2) is 11.5 Å². The second-order valence-electron chi connectivity index (χ2n) is 4.08. The molecule has 2 rings (SSSR count). The number of aryl methyl sites for hydroxylation is 1. The van der Waals surface area contributed by atoms with Crippen LogP contribution in [0.25, 0.3) is 10.9 Å². The van der Waals surface area contributed by atoms with Crippen molar-refractivity contribution in [1.82, 2.24) is 4.98 Å². The molecule has 0 aliphatic heterocycles. The van der Waals surface area contributed by atoms with Gasteiger partial charge in [0.05, 0.1) is 10.5 Å². The summed E-state index contributed by atoms with van der Waals surface area (Å²) < 4.78 is 0. The zero-order valence-corrected chi connectivity index (χ0v) is 11.2. The van der Waals surface area contributed by atoms with Gasteiger partial charge in [-0.1, -0.05) is 30.7 Å². The third-order valence-electron chi connectivity index (χ3n) is 3.00. The summed E-state index contributed by atoms with van der Waals surface area (Å²) in [6, 6.07) is 5.93. The van der Waals surface area contributed by atoms with E-state index in [9.17, 15) is 0 Å². The molecule has 0 aliphatic carbocycles. The number of halogens is 1. The van der Waals surface area contributed by atoms with Crippen LogP contribution < -0.4 is 5.32 Å². The summed E-state index contributed by atoms with van der Waals surface area (Å²) in [5.74, 6) is 0. The summed E-state index contributed by atoms with van der Waals surface area (Å²) in [7, 11) is 0. The SMILES string of the molecule is CCNc1c(C)c(CC)nc2c(Cl)cccc12. The van der Waals surface area contributed by atoms with Crippen LogP contribution in [0.2, 0.25) is 5.02 Å². The van der Waals surface area contributed by atoms with Crippen molar-refractivity contribution in [2.24, 2.45) is 0 Å². The van der Waals surface area contributed by atoms with Crippen LogP contribution in [0, 0.1) is 6.92 Å². The molecule has 17 heavy (non-hydrogen) atoms. The molecule has 3 heteroatoms. The Morgan fingerprint density at radius 1 is 1.29 bits per heavy atom. The average Bonchev–Trinajstić information content (AvgIpc) is 2.33. The van der Waals surface area contributed by atoms with Crippen LogP contribution >= 0.6 is 11.6 Å². The molecule has 0 saturated heterocycles. The Bertz CT molecular complexity index is 549. The van der Waals surface area contributed by atoms with Crippen LogP contribution in [0.3, 0.4) is 0 Å². The smallest absolute Gasteiger partial charge is 0.0912 e. The van der Waals surface area contributed by atoms with Gasteiger partial charge in [-0.3, -0.25) is 4.98 Å². The molecule has 0 bridgehead atoms. The first-order valence-corrected chi connectivity index (χ1v) is 6.38. The van der Waals surface area contributed by atoms with Gasteiger partial charge in [0.25, 0.3) is 0 Å². The first kappa shape index (κ1) is 12.2. The Morgan fingerprint density at radius 3 is 2.71 bits per heavy atom. The number of hydrogen-bond donors (Lipinski definition) is 1. The lowest BCUT2D eigenvalue weighted by Gasteiger charge is -2.15. The Kier molecular flexibility index (Phi) is 3.53. The van der Waals surface area contributed by atoms with Crippen molar-refractivity contribution in [3.63, 3.8) is 0 Å². The van der Waals surface area contributed by atoms with Gasteiger partial charge in [-0.05, 0) is 31.9 Å². The summed E-state index contributed by atoms with van der Waals surface area (Å²) in [5.41, 5.74) is 4.40. The van der Waals surface area contributed by atoms with E-state index in [-0.39, 0.29) is 0 Å². The van der Waals surface area contributed by atoms with Crippen molar-refractivity contribution in [2.45, 2.75) is 27.2 Å². The lowest BCUT2D eigenvalue weighted by atomic mass is 10.1. The van der Waals surface area contributed by atoms with Crippen LogP contribution in [0.15, 0.2) is 18.2 Å². The van der Waals surface area contributed by atoms with Crippen molar-refractivity contribution in [2.75, 3.05) is 11.9 Å². The van der Waals surface area contributed by atoms with Gasteiger partial charge in [-0.2, -0.15) is 0 Å². The number of hydrogen-bond acceptors (Lipinski definition) is 2. The van der Waals surface area contributed by atoms with Crippen LogP contribution in [0.4, 0.5) is 5.69 Å². The van der Waals surface area contributed by atoms with Crippen molar-refractivity contribution in [3.05, 3.63) is 34.5 Å². The van der Waals surface area contributed by atoms with E-state index in [1.807, 2.05) is 12.1 Å². The van der Waals surface area contributed by atoms with Gasteiger partial charge in [0.1, 0.15) is 0 Å². The zero-order valence-electron chi connectivity index (χ0n) is 10.5. The standard InChI is InChI=1S/C14H17ClN2/c1-4-12-9(3)13(16-5-2)10-7-6-8-11(15)14(10)17-12/h6-8H,4-5H2,1-3H3,(H,16,17). The summed E-state index contributed by atoms with van der Waals surface area (Å²) in [4.78, 5) is 4.66. The first-order valence-electron chi connectivity index (χ1n) is 6.00. The normalized spacial score (nSPS) is 10.8. The number of anilines is 1. The monoisotopic (exact) mass is 248 g/mol. The van der Waals surface area contributed by atoms with E-state index in [0.717, 1.165) is 40.3 Å². The van der Waals surface area contributed by atoms with E-state index in [1.165, 1.54) is 5.56 Å². The Hall–Kier alpha value is -1.28. The molecule has 0 spiro atoms. The molecule has 1 aromatic heterocycles. The van der Waals surface area contributed by atoms with E-state index in [2.05, 4.69) is 37.1 Å². The molecule has 1 heterocycles. The first-order chi connectivity index (χ1) is 8.19. The molecular weight excluding hydrogens is 232 g/mol. The summed E-state index contributed by atoms with van der Waals surface area (Å²) in [6.07, 6.45) is 0.922. The molecular formula is C14H17ClN2. The molecule has 0 unspecified atom stereocenters. The van der Waals surface area contributed by atoms with E-state index >= 15 is 0 Å². The summed E-state index contributed by atoms with van der Waals surface area (Å²) in [6.45, 7) is 7.23. The van der Waals surface area contributed by atoms with Gasteiger partial charge in [0.15, 0.2) is 0 Å². The number of rotatable bonds is 3. The molecule has 0 fully saturated rings. The van der Waals surface area contributed by atoms with Crippen molar-refractivity contribution >= 4 is 28.2 Å². The topological polar surface area (TPSA) is 24.9 Å². The second kappa shape index (κ2) is 4.92. The highest BCUT2D eigenvalue weighted by molar-refractivity contribution is 6.35. The van der Waals surface area contributed by atoms with Gasteiger partial charge in [-0.15, -0.1) is 0 Å². The average molecular weight is 249 g/mol. The molecule has 1 aromatic carbocycles. The van der Waals surface area contributed by atoms with E-state index < -0.39 is 0 Å². The highest BCUT2D eigenvalue weighted by Gasteiger charge is 2.11. The third kappa shape index (κ3) is 2.09. The van der Waals surface area contributed by atoms with E-state index in [1.54, 1.807) is 0 Å². The van der Waals surface area contributed by atoms with Gasteiger partial charge in [0, 0.05) is 23.3 Å². The largest absolute Gasteiger partial charge is 0.385 e. The molecule has 1 N–H and O–H groups in total. The van der Waals surface area contributed by atoms with Gasteiger partial charge >= 0.3 is 0 Å². The second-order valence-corrected chi connectivity index (χ2v) is 4.49. The van der Waals surface area contributed by atoms with Crippen molar-refractivity contribution < 1.29 is 0 Å². The van der Waals surface area contributed by atoms with Gasteiger partial charge < -0.3 is 5.32 Å². The van der Waals surface area contributed by atoms with E-state index in [4.69, 9.17) is 11.6 Å². The molecule has 2 nitrogen and oxygen atoms in total. The number of nitrogens with one attached hydrogen (secondary N) is 1. The highest BCUT2D eigenvalue weighted by atomic mass is 35.5. The number of nitrogens with zero attached hydrogens (tertiary/aromatic N) is 1. The Balaban J connectivity index is 2.81. The van der Waals surface area contributed by atoms with E-state index in [0.29, 0.717) is 0 Å². The Labute approximate surface area is 107 Å². The van der Waals surface area contributed by atoms with Crippen LogP contribution in [0.5, 0.6) is 0 Å². The molecule has 2 aromatic rings. The maximum Gasteiger partial charge on any atom is 0.0912 e. The molecule has 0 radical (unpaired) electrons. The minimum absolute atomic E-state index is 0.719. The highest BCUT2D eigenvalue weighted by Crippen LogP contribution is 2.31. The fraction of sp³-hybridized carbons (Fsp3) is 0.357. The molecule has 90 valence electrons. The summed E-state index contributed by atoms with van der Waals surface area (Å²) in [5, 5.41) is 5.25. The number of fused-ring (bicyclic) bond motifs is 1. The third-order valence-corrected chi connectivity index (χ3v) is 3.30. The maximum absolute atomic E-state index is 6.22. The predicted molar refractivity (Wildman–Crippen MR) is 75.0 cm³/mol. The fourth-order valence-electron chi connectivity index (χ4n) is 2.14. The minimum atomic E-state index is 0.719. The predicted octanol–water partition coefficient (Wildman–Crippen LogP) is 4.19. The lowest BCUT2D eigenvalue weighted by Crippen LogP contribution is -2.04. The van der Waals surface area contributed by atoms with Crippen molar-refractivity contribution in [3.8, 4) is 0 Å². The minimum Gasteiger partial charge on any atom is -0.385 e. The van der Waals surface area contributed by atoms with Crippen LogP contribution in [0.1, 0.15) is 25.1 Å².